The van der Waals surface area contributed by atoms with Gasteiger partial charge in [0.1, 0.15) is 0 Å². The molecule has 0 saturated heterocycles. The first-order valence-corrected chi connectivity index (χ1v) is 8.35. The van der Waals surface area contributed by atoms with Crippen LogP contribution in [0.25, 0.3) is 0 Å². The molecule has 3 aliphatic rings. The fourth-order valence-corrected chi connectivity index (χ4v) is 5.51. The molecule has 3 rings (SSSR count). The number of nitrogens with one attached hydrogen (secondary N) is 1. The predicted molar refractivity (Wildman–Crippen MR) is 79.0 cm³/mol. The topological polar surface area (TPSA) is 32.3 Å². The van der Waals surface area contributed by atoms with Gasteiger partial charge in [-0.05, 0) is 54.8 Å². The molecule has 0 aromatic rings. The summed E-state index contributed by atoms with van der Waals surface area (Å²) in [6, 6.07) is 0.646. The molecule has 19 heavy (non-hydrogen) atoms. The van der Waals surface area contributed by atoms with E-state index >= 15 is 0 Å². The van der Waals surface area contributed by atoms with Gasteiger partial charge in [-0.1, -0.05) is 33.6 Å². The molecule has 2 N–H and O–H groups in total. The minimum atomic E-state index is -0.0595. The lowest BCUT2D eigenvalue weighted by Crippen LogP contribution is -2.52. The first kappa shape index (κ1) is 13.9. The lowest BCUT2D eigenvalue weighted by molar-refractivity contribution is 0.0518. The van der Waals surface area contributed by atoms with Crippen molar-refractivity contribution in [2.24, 2.45) is 22.7 Å². The summed E-state index contributed by atoms with van der Waals surface area (Å²) < 4.78 is 0. The molecule has 110 valence electrons. The highest BCUT2D eigenvalue weighted by Gasteiger charge is 2.59. The molecule has 2 bridgehead atoms. The number of hydrogen-bond acceptors (Lipinski definition) is 2. The van der Waals surface area contributed by atoms with Crippen molar-refractivity contribution in [1.29, 1.82) is 0 Å². The number of hydrogen-bond donors (Lipinski definition) is 2. The summed E-state index contributed by atoms with van der Waals surface area (Å²) in [5, 5.41) is 14.0. The summed E-state index contributed by atoms with van der Waals surface area (Å²) in [5.74, 6) is 1.40. The molecule has 0 radical (unpaired) electrons. The number of fused-ring (bicyclic) bond motifs is 2. The van der Waals surface area contributed by atoms with Crippen LogP contribution in [0.4, 0.5) is 0 Å². The third-order valence-corrected chi connectivity index (χ3v) is 6.72. The van der Waals surface area contributed by atoms with E-state index in [2.05, 4.69) is 26.1 Å². The van der Waals surface area contributed by atoms with Gasteiger partial charge in [-0.2, -0.15) is 0 Å². The van der Waals surface area contributed by atoms with Crippen molar-refractivity contribution in [2.45, 2.75) is 77.9 Å². The van der Waals surface area contributed by atoms with Gasteiger partial charge in [0.15, 0.2) is 0 Å². The summed E-state index contributed by atoms with van der Waals surface area (Å²) in [6.07, 6.45) is 8.91. The third-order valence-electron chi connectivity index (χ3n) is 6.72. The van der Waals surface area contributed by atoms with Crippen molar-refractivity contribution in [3.05, 3.63) is 0 Å². The Kier molecular flexibility index (Phi) is 3.46. The molecule has 3 unspecified atom stereocenters. The molecule has 3 saturated carbocycles. The van der Waals surface area contributed by atoms with Gasteiger partial charge in [0.2, 0.25) is 0 Å². The van der Waals surface area contributed by atoms with Crippen LogP contribution in [0.5, 0.6) is 0 Å². The van der Waals surface area contributed by atoms with Crippen molar-refractivity contribution < 1.29 is 5.11 Å². The Hall–Kier alpha value is -0.0800. The number of aliphatic hydroxyl groups is 1. The molecule has 0 aromatic carbocycles. The van der Waals surface area contributed by atoms with Crippen molar-refractivity contribution in [1.82, 2.24) is 5.32 Å². The summed E-state index contributed by atoms with van der Waals surface area (Å²) in [4.78, 5) is 0. The van der Waals surface area contributed by atoms with Crippen molar-refractivity contribution >= 4 is 0 Å². The van der Waals surface area contributed by atoms with E-state index in [1.807, 2.05) is 0 Å². The van der Waals surface area contributed by atoms with Gasteiger partial charge < -0.3 is 10.4 Å². The Labute approximate surface area is 118 Å². The monoisotopic (exact) mass is 265 g/mol. The molecule has 0 spiro atoms. The van der Waals surface area contributed by atoms with Crippen LogP contribution in [0.2, 0.25) is 0 Å². The second-order valence-electron chi connectivity index (χ2n) is 8.37. The van der Waals surface area contributed by atoms with Crippen LogP contribution in [0.15, 0.2) is 0 Å². The Morgan fingerprint density at radius 1 is 1.11 bits per heavy atom. The van der Waals surface area contributed by atoms with E-state index in [0.717, 1.165) is 18.9 Å². The molecule has 5 atom stereocenters. The largest absolute Gasteiger partial charge is 0.393 e. The lowest BCUT2D eigenvalue weighted by atomic mass is 9.68. The third kappa shape index (κ3) is 2.25. The maximum Gasteiger partial charge on any atom is 0.0580 e. The molecule has 3 aliphatic carbocycles. The van der Waals surface area contributed by atoms with Crippen LogP contribution < -0.4 is 5.32 Å². The van der Waals surface area contributed by atoms with E-state index in [1.165, 1.54) is 38.5 Å². The van der Waals surface area contributed by atoms with Crippen LogP contribution in [0, 0.1) is 22.7 Å². The normalized spacial score (nSPS) is 48.6. The zero-order valence-corrected chi connectivity index (χ0v) is 12.9. The van der Waals surface area contributed by atoms with E-state index in [0.29, 0.717) is 22.8 Å². The number of rotatable bonds is 3. The fourth-order valence-electron chi connectivity index (χ4n) is 5.51. The van der Waals surface area contributed by atoms with Gasteiger partial charge in [-0.3, -0.25) is 0 Å². The van der Waals surface area contributed by atoms with Crippen LogP contribution in [0.1, 0.15) is 65.7 Å². The molecule has 0 amide bonds. The van der Waals surface area contributed by atoms with E-state index in [4.69, 9.17) is 0 Å². The first-order valence-electron chi connectivity index (χ1n) is 8.35. The van der Waals surface area contributed by atoms with Gasteiger partial charge in [-0.25, -0.2) is 0 Å². The van der Waals surface area contributed by atoms with Crippen LogP contribution >= 0.6 is 0 Å². The standard InChI is InChI=1S/C17H31NO/c1-16(2)13-8-9-17(3,10-13)15(16)18-11-12-6-4-5-7-14(12)19/h12-15,18-19H,4-11H2,1-3H3/t12?,13-,14?,15?,17+/m0/s1. The summed E-state index contributed by atoms with van der Waals surface area (Å²) >= 11 is 0. The minimum absolute atomic E-state index is 0.0595. The summed E-state index contributed by atoms with van der Waals surface area (Å²) in [5.41, 5.74) is 0.945. The number of aliphatic hydroxyl groups excluding tert-OH is 1. The first-order chi connectivity index (χ1) is 8.93. The highest BCUT2D eigenvalue weighted by molar-refractivity contribution is 5.12. The smallest absolute Gasteiger partial charge is 0.0580 e. The van der Waals surface area contributed by atoms with Crippen molar-refractivity contribution in [3.8, 4) is 0 Å². The highest BCUT2D eigenvalue weighted by Crippen LogP contribution is 2.62. The molecular formula is C17H31NO. The van der Waals surface area contributed by atoms with Crippen LogP contribution in [0.3, 0.4) is 0 Å². The second-order valence-corrected chi connectivity index (χ2v) is 8.37. The van der Waals surface area contributed by atoms with E-state index in [9.17, 15) is 5.11 Å². The lowest BCUT2D eigenvalue weighted by Gasteiger charge is -2.44. The van der Waals surface area contributed by atoms with Gasteiger partial charge in [-0.15, -0.1) is 0 Å². The SMILES string of the molecule is CC1(C)C(NCC2CCCCC2O)[C@]2(C)CC[C@H]1C2. The second kappa shape index (κ2) is 4.73. The predicted octanol–water partition coefficient (Wildman–Crippen LogP) is 3.34. The van der Waals surface area contributed by atoms with Gasteiger partial charge in [0.05, 0.1) is 6.10 Å². The van der Waals surface area contributed by atoms with E-state index < -0.39 is 0 Å². The zero-order chi connectivity index (χ0) is 13.7. The van der Waals surface area contributed by atoms with E-state index in [1.54, 1.807) is 0 Å². The quantitative estimate of drug-likeness (QED) is 0.820. The van der Waals surface area contributed by atoms with Crippen LogP contribution in [-0.2, 0) is 0 Å². The average Bonchev–Trinajstić information content (AvgIpc) is 2.82. The zero-order valence-electron chi connectivity index (χ0n) is 12.9. The maximum atomic E-state index is 10.1. The van der Waals surface area contributed by atoms with Crippen molar-refractivity contribution in [2.75, 3.05) is 6.54 Å². The van der Waals surface area contributed by atoms with Crippen LogP contribution in [-0.4, -0.2) is 23.8 Å². The Morgan fingerprint density at radius 3 is 2.47 bits per heavy atom. The molecular weight excluding hydrogens is 234 g/mol. The summed E-state index contributed by atoms with van der Waals surface area (Å²) in [7, 11) is 0. The maximum absolute atomic E-state index is 10.1. The highest BCUT2D eigenvalue weighted by atomic mass is 16.3. The van der Waals surface area contributed by atoms with Crippen molar-refractivity contribution in [3.63, 3.8) is 0 Å². The fraction of sp³-hybridized carbons (Fsp3) is 1.00. The van der Waals surface area contributed by atoms with E-state index in [-0.39, 0.29) is 6.10 Å². The van der Waals surface area contributed by atoms with Gasteiger partial charge in [0.25, 0.3) is 0 Å². The Bertz CT molecular complexity index is 335. The van der Waals surface area contributed by atoms with Gasteiger partial charge >= 0.3 is 0 Å². The molecule has 2 nitrogen and oxygen atoms in total. The summed E-state index contributed by atoms with van der Waals surface area (Å²) in [6.45, 7) is 8.42. The Morgan fingerprint density at radius 2 is 1.84 bits per heavy atom. The molecule has 0 heterocycles. The molecule has 0 aliphatic heterocycles. The van der Waals surface area contributed by atoms with Gasteiger partial charge in [0, 0.05) is 12.6 Å². The molecule has 3 fully saturated rings. The average molecular weight is 265 g/mol. The Balaban J connectivity index is 1.63. The molecule has 2 heteroatoms. The minimum Gasteiger partial charge on any atom is -0.393 e. The molecule has 0 aromatic heterocycles.